The Morgan fingerprint density at radius 3 is 2.88 bits per heavy atom. The third-order valence-electron chi connectivity index (χ3n) is 3.53. The number of pyridine rings is 1. The number of nitrogens with one attached hydrogen (secondary N) is 2. The third-order valence-corrected chi connectivity index (χ3v) is 3.53. The number of nitrogen functional groups attached to an aromatic ring is 1. The van der Waals surface area contributed by atoms with E-state index in [9.17, 15) is 0 Å². The Labute approximate surface area is 136 Å². The highest BCUT2D eigenvalue weighted by atomic mass is 16.5. The summed E-state index contributed by atoms with van der Waals surface area (Å²) in [7, 11) is 1.57. The summed E-state index contributed by atoms with van der Waals surface area (Å²) in [5.41, 5.74) is 9.23. The van der Waals surface area contributed by atoms with Crippen molar-refractivity contribution in [3.63, 3.8) is 0 Å². The number of methoxy groups -OCH3 is 1. The van der Waals surface area contributed by atoms with Crippen LogP contribution < -0.4 is 15.8 Å². The lowest BCUT2D eigenvalue weighted by Crippen LogP contribution is -2.03. The maximum atomic E-state index is 6.08. The summed E-state index contributed by atoms with van der Waals surface area (Å²) >= 11 is 0. The van der Waals surface area contributed by atoms with Crippen LogP contribution in [0.15, 0.2) is 43.0 Å². The second kappa shape index (κ2) is 5.54. The minimum atomic E-state index is 0.471. The summed E-state index contributed by atoms with van der Waals surface area (Å²) in [6.07, 6.45) is 6.86. The molecular weight excluding hydrogens is 308 g/mol. The van der Waals surface area contributed by atoms with Gasteiger partial charge in [0.15, 0.2) is 5.65 Å². The van der Waals surface area contributed by atoms with E-state index in [0.717, 1.165) is 16.8 Å². The van der Waals surface area contributed by atoms with E-state index in [2.05, 4.69) is 30.6 Å². The highest BCUT2D eigenvalue weighted by Gasteiger charge is 2.12. The average Bonchev–Trinajstić information content (AvgIpc) is 3.24. The van der Waals surface area contributed by atoms with Gasteiger partial charge in [-0.2, -0.15) is 14.7 Å². The van der Waals surface area contributed by atoms with Crippen LogP contribution in [0.25, 0.3) is 16.8 Å². The van der Waals surface area contributed by atoms with Crippen LogP contribution in [0, 0.1) is 0 Å². The van der Waals surface area contributed by atoms with Gasteiger partial charge in [0.1, 0.15) is 11.6 Å². The predicted molar refractivity (Wildman–Crippen MR) is 89.1 cm³/mol. The van der Waals surface area contributed by atoms with Crippen molar-refractivity contribution in [1.29, 1.82) is 0 Å². The molecule has 0 saturated carbocycles. The van der Waals surface area contributed by atoms with Crippen LogP contribution in [0.5, 0.6) is 5.88 Å². The summed E-state index contributed by atoms with van der Waals surface area (Å²) in [5, 5.41) is 14.2. The van der Waals surface area contributed by atoms with Gasteiger partial charge in [-0.1, -0.05) is 0 Å². The molecule has 4 heterocycles. The standard InChI is InChI=1S/C15H14N8O/c1-24-14-3-2-10(7-17-14)21-13-4-12(16)23-15(22-13)11(8-20-23)9-5-18-19-6-9/h2-8H,16H2,1H3,(H,18,19)(H,21,22). The SMILES string of the molecule is COc1ccc(Nc2cc(N)n3ncc(-c4cn[nH]c4)c3n2)cn1. The molecule has 0 radical (unpaired) electrons. The normalized spacial score (nSPS) is 10.9. The Morgan fingerprint density at radius 2 is 2.17 bits per heavy atom. The Kier molecular flexibility index (Phi) is 3.23. The lowest BCUT2D eigenvalue weighted by Gasteiger charge is -2.08. The topological polar surface area (TPSA) is 119 Å². The fraction of sp³-hybridized carbons (Fsp3) is 0.0667. The largest absolute Gasteiger partial charge is 0.481 e. The van der Waals surface area contributed by atoms with Gasteiger partial charge in [-0.3, -0.25) is 5.10 Å². The quantitative estimate of drug-likeness (QED) is 0.524. The molecule has 0 saturated heterocycles. The first-order valence-corrected chi connectivity index (χ1v) is 7.15. The van der Waals surface area contributed by atoms with Crippen LogP contribution in [0.3, 0.4) is 0 Å². The van der Waals surface area contributed by atoms with Crippen molar-refractivity contribution in [2.24, 2.45) is 0 Å². The van der Waals surface area contributed by atoms with Crippen molar-refractivity contribution in [3.8, 4) is 17.0 Å². The van der Waals surface area contributed by atoms with Crippen molar-refractivity contribution in [1.82, 2.24) is 29.8 Å². The minimum Gasteiger partial charge on any atom is -0.481 e. The molecule has 0 aromatic carbocycles. The van der Waals surface area contributed by atoms with E-state index in [1.165, 1.54) is 0 Å². The van der Waals surface area contributed by atoms with Gasteiger partial charge in [0.25, 0.3) is 0 Å². The van der Waals surface area contributed by atoms with Crippen LogP contribution in [0.1, 0.15) is 0 Å². The van der Waals surface area contributed by atoms with Gasteiger partial charge in [0.2, 0.25) is 5.88 Å². The number of H-pyrrole nitrogens is 1. The first-order chi connectivity index (χ1) is 11.7. The van der Waals surface area contributed by atoms with Crippen LogP contribution in [0.4, 0.5) is 17.3 Å². The second-order valence-electron chi connectivity index (χ2n) is 5.06. The molecular formula is C15H14N8O. The number of fused-ring (bicyclic) bond motifs is 1. The molecule has 0 amide bonds. The van der Waals surface area contributed by atoms with Gasteiger partial charge in [-0.25, -0.2) is 9.97 Å². The summed E-state index contributed by atoms with van der Waals surface area (Å²) < 4.78 is 6.63. The molecule has 24 heavy (non-hydrogen) atoms. The molecule has 0 spiro atoms. The lowest BCUT2D eigenvalue weighted by atomic mass is 10.2. The Hall–Kier alpha value is -3.62. The second-order valence-corrected chi connectivity index (χ2v) is 5.06. The van der Waals surface area contributed by atoms with Crippen molar-refractivity contribution in [2.45, 2.75) is 0 Å². The van der Waals surface area contributed by atoms with Crippen LogP contribution in [0.2, 0.25) is 0 Å². The van der Waals surface area contributed by atoms with Gasteiger partial charge >= 0.3 is 0 Å². The molecule has 4 aromatic rings. The Balaban J connectivity index is 1.74. The van der Waals surface area contributed by atoms with E-state index in [0.29, 0.717) is 23.2 Å². The lowest BCUT2D eigenvalue weighted by molar-refractivity contribution is 0.398. The molecule has 9 heteroatoms. The van der Waals surface area contributed by atoms with E-state index in [4.69, 9.17) is 10.5 Å². The number of rotatable bonds is 4. The Bertz CT molecular complexity index is 975. The molecule has 0 aliphatic heterocycles. The molecule has 120 valence electrons. The molecule has 4 aromatic heterocycles. The number of nitrogens with zero attached hydrogens (tertiary/aromatic N) is 5. The molecule has 0 aliphatic rings. The van der Waals surface area contributed by atoms with Crippen molar-refractivity contribution < 1.29 is 4.74 Å². The fourth-order valence-corrected chi connectivity index (χ4v) is 2.37. The summed E-state index contributed by atoms with van der Waals surface area (Å²) in [4.78, 5) is 8.75. The zero-order valence-electron chi connectivity index (χ0n) is 12.8. The number of hydrogen-bond donors (Lipinski definition) is 3. The zero-order valence-corrected chi connectivity index (χ0v) is 12.8. The predicted octanol–water partition coefficient (Wildman–Crippen LogP) is 1.85. The minimum absolute atomic E-state index is 0.471. The maximum absolute atomic E-state index is 6.08. The molecule has 4 N–H and O–H groups in total. The smallest absolute Gasteiger partial charge is 0.213 e. The molecule has 9 nitrogen and oxygen atoms in total. The van der Waals surface area contributed by atoms with Crippen molar-refractivity contribution >= 4 is 23.0 Å². The van der Waals surface area contributed by atoms with Crippen LogP contribution in [-0.2, 0) is 0 Å². The van der Waals surface area contributed by atoms with Gasteiger partial charge in [0, 0.05) is 29.5 Å². The monoisotopic (exact) mass is 322 g/mol. The third kappa shape index (κ3) is 2.37. The first kappa shape index (κ1) is 14.0. The number of nitrogens with two attached hydrogens (primary N) is 1. The molecule has 4 rings (SSSR count). The van der Waals surface area contributed by atoms with Gasteiger partial charge in [0.05, 0.1) is 31.4 Å². The zero-order chi connectivity index (χ0) is 16.5. The highest BCUT2D eigenvalue weighted by Crippen LogP contribution is 2.26. The van der Waals surface area contributed by atoms with Gasteiger partial charge in [-0.15, -0.1) is 0 Å². The molecule has 0 fully saturated rings. The van der Waals surface area contributed by atoms with E-state index in [-0.39, 0.29) is 0 Å². The first-order valence-electron chi connectivity index (χ1n) is 7.15. The maximum Gasteiger partial charge on any atom is 0.213 e. The van der Waals surface area contributed by atoms with Gasteiger partial charge in [-0.05, 0) is 6.07 Å². The van der Waals surface area contributed by atoms with E-state index in [1.807, 2.05) is 6.07 Å². The van der Waals surface area contributed by atoms with E-state index >= 15 is 0 Å². The number of aromatic amines is 1. The Morgan fingerprint density at radius 1 is 1.25 bits per heavy atom. The number of aromatic nitrogens is 6. The molecule has 0 aliphatic carbocycles. The molecule has 0 atom stereocenters. The van der Waals surface area contributed by atoms with E-state index in [1.54, 1.807) is 48.5 Å². The molecule has 0 bridgehead atoms. The van der Waals surface area contributed by atoms with Gasteiger partial charge < -0.3 is 15.8 Å². The fourth-order valence-electron chi connectivity index (χ4n) is 2.37. The summed E-state index contributed by atoms with van der Waals surface area (Å²) in [6.45, 7) is 0. The van der Waals surface area contributed by atoms with Crippen molar-refractivity contribution in [2.75, 3.05) is 18.2 Å². The molecule has 0 unspecified atom stereocenters. The average molecular weight is 322 g/mol. The summed E-state index contributed by atoms with van der Waals surface area (Å²) in [5.74, 6) is 1.61. The van der Waals surface area contributed by atoms with Crippen LogP contribution in [-0.4, -0.2) is 36.9 Å². The van der Waals surface area contributed by atoms with Crippen molar-refractivity contribution in [3.05, 3.63) is 43.0 Å². The van der Waals surface area contributed by atoms with E-state index < -0.39 is 0 Å². The van der Waals surface area contributed by atoms with Crippen LogP contribution >= 0.6 is 0 Å². The number of ether oxygens (including phenoxy) is 1. The summed E-state index contributed by atoms with van der Waals surface area (Å²) in [6, 6.07) is 5.32. The highest BCUT2D eigenvalue weighted by molar-refractivity contribution is 5.78. The number of hydrogen-bond acceptors (Lipinski definition) is 7. The number of anilines is 3.